The van der Waals surface area contributed by atoms with Crippen LogP contribution in [0.25, 0.3) is 0 Å². The van der Waals surface area contributed by atoms with E-state index in [9.17, 15) is 8.42 Å². The highest BCUT2D eigenvalue weighted by atomic mass is 79.9. The van der Waals surface area contributed by atoms with E-state index in [0.717, 1.165) is 41.6 Å². The van der Waals surface area contributed by atoms with Crippen LogP contribution in [0, 0.1) is 12.8 Å². The summed E-state index contributed by atoms with van der Waals surface area (Å²) in [5.41, 5.74) is 0.944. The summed E-state index contributed by atoms with van der Waals surface area (Å²) in [7, 11) is -1.66. The zero-order chi connectivity index (χ0) is 15.6. The van der Waals surface area contributed by atoms with Crippen LogP contribution in [0.5, 0.6) is 0 Å². The van der Waals surface area contributed by atoms with Gasteiger partial charge in [0.1, 0.15) is 0 Å². The molecule has 1 aliphatic carbocycles. The van der Waals surface area contributed by atoms with Crippen LogP contribution >= 0.6 is 15.9 Å². The molecule has 21 heavy (non-hydrogen) atoms. The van der Waals surface area contributed by atoms with Crippen molar-refractivity contribution in [1.82, 2.24) is 4.31 Å². The van der Waals surface area contributed by atoms with E-state index in [1.54, 1.807) is 23.5 Å². The Morgan fingerprint density at radius 1 is 1.24 bits per heavy atom. The van der Waals surface area contributed by atoms with Gasteiger partial charge in [0.15, 0.2) is 0 Å². The summed E-state index contributed by atoms with van der Waals surface area (Å²) in [6.45, 7) is 4.13. The van der Waals surface area contributed by atoms with E-state index < -0.39 is 10.0 Å². The molecular formula is C16H24BrNO2S. The minimum atomic E-state index is -3.39. The normalized spacial score (nSPS) is 23.5. The highest BCUT2D eigenvalue weighted by Crippen LogP contribution is 2.32. The number of benzene rings is 1. The van der Waals surface area contributed by atoms with Crippen molar-refractivity contribution in [2.24, 2.45) is 5.92 Å². The quantitative estimate of drug-likeness (QED) is 0.786. The highest BCUT2D eigenvalue weighted by molar-refractivity contribution is 9.10. The van der Waals surface area contributed by atoms with Gasteiger partial charge in [-0.05, 0) is 62.3 Å². The number of rotatable bonds is 4. The Balaban J connectivity index is 2.17. The minimum absolute atomic E-state index is 0.141. The molecule has 0 aliphatic heterocycles. The molecule has 0 radical (unpaired) electrons. The largest absolute Gasteiger partial charge is 0.243 e. The fourth-order valence-electron chi connectivity index (χ4n) is 3.06. The molecule has 0 heterocycles. The molecule has 0 spiro atoms. The first-order valence-corrected chi connectivity index (χ1v) is 9.83. The molecule has 1 saturated carbocycles. The van der Waals surface area contributed by atoms with E-state index in [-0.39, 0.29) is 6.04 Å². The summed E-state index contributed by atoms with van der Waals surface area (Å²) in [4.78, 5) is 0.392. The molecule has 0 saturated heterocycles. The van der Waals surface area contributed by atoms with Gasteiger partial charge in [-0.15, -0.1) is 0 Å². The molecule has 1 fully saturated rings. The van der Waals surface area contributed by atoms with Crippen LogP contribution in [0.4, 0.5) is 0 Å². The summed E-state index contributed by atoms with van der Waals surface area (Å²) in [6, 6.07) is 5.37. The van der Waals surface area contributed by atoms with Gasteiger partial charge in [0.25, 0.3) is 0 Å². The molecule has 1 aromatic rings. The van der Waals surface area contributed by atoms with E-state index in [1.807, 2.05) is 13.0 Å². The number of hydrogen-bond donors (Lipinski definition) is 0. The standard InChI is InChI=1S/C16H24BrNO2S/c1-4-13-5-7-14(8-6-13)18(3)21(19,20)15-9-10-16(17)12(2)11-15/h9-11,13-14H,4-8H2,1-3H3. The van der Waals surface area contributed by atoms with Crippen molar-refractivity contribution in [1.29, 1.82) is 0 Å². The molecule has 5 heteroatoms. The average molecular weight is 374 g/mol. The molecule has 1 aromatic carbocycles. The van der Waals surface area contributed by atoms with E-state index in [1.165, 1.54) is 6.42 Å². The second kappa shape index (κ2) is 6.80. The summed E-state index contributed by atoms with van der Waals surface area (Å²) in [5, 5.41) is 0. The molecule has 0 atom stereocenters. The second-order valence-electron chi connectivity index (χ2n) is 6.02. The molecule has 118 valence electrons. The van der Waals surface area contributed by atoms with Crippen molar-refractivity contribution in [2.75, 3.05) is 7.05 Å². The van der Waals surface area contributed by atoms with Gasteiger partial charge in [0, 0.05) is 17.6 Å². The van der Waals surface area contributed by atoms with Gasteiger partial charge in [-0.3, -0.25) is 0 Å². The lowest BCUT2D eigenvalue weighted by atomic mass is 9.85. The highest BCUT2D eigenvalue weighted by Gasteiger charge is 2.31. The zero-order valence-electron chi connectivity index (χ0n) is 13.0. The molecule has 1 aliphatic rings. The van der Waals surface area contributed by atoms with E-state index in [4.69, 9.17) is 0 Å². The van der Waals surface area contributed by atoms with Crippen molar-refractivity contribution in [3.63, 3.8) is 0 Å². The molecule has 0 N–H and O–H groups in total. The smallest absolute Gasteiger partial charge is 0.207 e. The molecule has 2 rings (SSSR count). The minimum Gasteiger partial charge on any atom is -0.207 e. The van der Waals surface area contributed by atoms with Crippen LogP contribution in [0.15, 0.2) is 27.6 Å². The van der Waals surface area contributed by atoms with Gasteiger partial charge in [0.05, 0.1) is 4.90 Å². The molecular weight excluding hydrogens is 350 g/mol. The third kappa shape index (κ3) is 3.69. The summed E-state index contributed by atoms with van der Waals surface area (Å²) < 4.78 is 28.0. The number of hydrogen-bond acceptors (Lipinski definition) is 2. The SMILES string of the molecule is CCC1CCC(N(C)S(=O)(=O)c2ccc(Br)c(C)c2)CC1. The van der Waals surface area contributed by atoms with Gasteiger partial charge in [-0.25, -0.2) is 8.42 Å². The van der Waals surface area contributed by atoms with Crippen LogP contribution in [0.2, 0.25) is 0 Å². The molecule has 0 unspecified atom stereocenters. The van der Waals surface area contributed by atoms with E-state index in [0.29, 0.717) is 4.90 Å². The van der Waals surface area contributed by atoms with Gasteiger partial charge < -0.3 is 0 Å². The Morgan fingerprint density at radius 3 is 2.38 bits per heavy atom. The molecule has 0 bridgehead atoms. The summed E-state index contributed by atoms with van der Waals surface area (Å²) in [5.74, 6) is 0.771. The summed E-state index contributed by atoms with van der Waals surface area (Å²) in [6.07, 6.45) is 5.43. The fourth-order valence-corrected chi connectivity index (χ4v) is 4.81. The Labute approximate surface area is 136 Å². The second-order valence-corrected chi connectivity index (χ2v) is 8.87. The monoisotopic (exact) mass is 373 g/mol. The van der Waals surface area contributed by atoms with Crippen molar-refractivity contribution in [3.8, 4) is 0 Å². The first-order valence-electron chi connectivity index (χ1n) is 7.60. The predicted octanol–water partition coefficient (Wildman–Crippen LogP) is 4.35. The fraction of sp³-hybridized carbons (Fsp3) is 0.625. The van der Waals surface area contributed by atoms with Crippen molar-refractivity contribution in [2.45, 2.75) is 56.9 Å². The van der Waals surface area contributed by atoms with Gasteiger partial charge in [0.2, 0.25) is 10.0 Å². The van der Waals surface area contributed by atoms with Crippen LogP contribution in [-0.2, 0) is 10.0 Å². The summed E-state index contributed by atoms with van der Waals surface area (Å²) >= 11 is 3.42. The van der Waals surface area contributed by atoms with Crippen molar-refractivity contribution < 1.29 is 8.42 Å². The maximum Gasteiger partial charge on any atom is 0.243 e. The maximum absolute atomic E-state index is 12.8. The van der Waals surface area contributed by atoms with Crippen molar-refractivity contribution >= 4 is 26.0 Å². The first kappa shape index (κ1) is 17.0. The predicted molar refractivity (Wildman–Crippen MR) is 89.9 cm³/mol. The number of sulfonamides is 1. The van der Waals surface area contributed by atoms with Gasteiger partial charge in [-0.2, -0.15) is 4.31 Å². The Hall–Kier alpha value is -0.390. The Morgan fingerprint density at radius 2 is 1.86 bits per heavy atom. The lowest BCUT2D eigenvalue weighted by molar-refractivity contribution is 0.233. The lowest BCUT2D eigenvalue weighted by Gasteiger charge is -2.33. The van der Waals surface area contributed by atoms with Gasteiger partial charge >= 0.3 is 0 Å². The third-order valence-corrected chi connectivity index (χ3v) is 7.51. The van der Waals surface area contributed by atoms with Crippen LogP contribution < -0.4 is 0 Å². The average Bonchev–Trinajstić information content (AvgIpc) is 2.49. The first-order chi connectivity index (χ1) is 9.86. The van der Waals surface area contributed by atoms with E-state index >= 15 is 0 Å². The molecule has 3 nitrogen and oxygen atoms in total. The van der Waals surface area contributed by atoms with Crippen LogP contribution in [-0.4, -0.2) is 25.8 Å². The molecule has 0 amide bonds. The lowest BCUT2D eigenvalue weighted by Crippen LogP contribution is -2.39. The number of halogens is 1. The van der Waals surface area contributed by atoms with E-state index in [2.05, 4.69) is 22.9 Å². The topological polar surface area (TPSA) is 37.4 Å². The molecule has 0 aromatic heterocycles. The number of nitrogens with zero attached hydrogens (tertiary/aromatic N) is 1. The Kier molecular flexibility index (Phi) is 5.49. The maximum atomic E-state index is 12.8. The van der Waals surface area contributed by atoms with Crippen molar-refractivity contribution in [3.05, 3.63) is 28.2 Å². The van der Waals surface area contributed by atoms with Gasteiger partial charge in [-0.1, -0.05) is 29.3 Å². The van der Waals surface area contributed by atoms with Crippen LogP contribution in [0.1, 0.15) is 44.6 Å². The third-order valence-electron chi connectivity index (χ3n) is 4.71. The van der Waals surface area contributed by atoms with Crippen LogP contribution in [0.3, 0.4) is 0 Å². The number of aryl methyl sites for hydroxylation is 1. The Bertz CT molecular complexity index is 592. The zero-order valence-corrected chi connectivity index (χ0v) is 15.4.